The van der Waals surface area contributed by atoms with Crippen molar-refractivity contribution in [2.24, 2.45) is 18.9 Å². The van der Waals surface area contributed by atoms with Crippen molar-refractivity contribution in [3.63, 3.8) is 0 Å². The van der Waals surface area contributed by atoms with Crippen LogP contribution in [-0.4, -0.2) is 38.7 Å². The van der Waals surface area contributed by atoms with Gasteiger partial charge in [0.15, 0.2) is 5.16 Å². The smallest absolute Gasteiger partial charge is 0.244 e. The minimum Gasteiger partial charge on any atom is -0.329 e. The molecule has 4 rings (SSSR count). The second kappa shape index (κ2) is 8.20. The summed E-state index contributed by atoms with van der Waals surface area (Å²) in [6, 6.07) is 5.19. The summed E-state index contributed by atoms with van der Waals surface area (Å²) >= 11 is 7.50. The van der Waals surface area contributed by atoms with Gasteiger partial charge in [-0.15, -0.1) is 0 Å². The van der Waals surface area contributed by atoms with E-state index >= 15 is 0 Å². The predicted octanol–water partition coefficient (Wildman–Crippen LogP) is 3.34. The topological polar surface area (TPSA) is 84.3 Å². The van der Waals surface area contributed by atoms with E-state index in [4.69, 9.17) is 11.6 Å². The maximum Gasteiger partial charge on any atom is 0.244 e. The summed E-state index contributed by atoms with van der Waals surface area (Å²) in [5, 5.41) is 4.04. The van der Waals surface area contributed by atoms with Crippen LogP contribution in [0, 0.1) is 11.8 Å². The molecule has 29 heavy (non-hydrogen) atoms. The summed E-state index contributed by atoms with van der Waals surface area (Å²) in [5.74, 6) is -1.38. The number of hydrogen-bond acceptors (Lipinski definition) is 5. The van der Waals surface area contributed by atoms with Crippen molar-refractivity contribution in [3.8, 4) is 0 Å². The number of carbonyl (C=O) groups excluding carboxylic acids is 3. The molecular weight excluding hydrogens is 412 g/mol. The van der Waals surface area contributed by atoms with Crippen LogP contribution in [0.2, 0.25) is 5.02 Å². The molecule has 2 aliphatic rings. The van der Waals surface area contributed by atoms with Crippen molar-refractivity contribution >= 4 is 46.8 Å². The van der Waals surface area contributed by atoms with E-state index in [2.05, 4.69) is 10.3 Å². The normalized spacial score (nSPS) is 21.4. The first-order valence-corrected chi connectivity index (χ1v) is 10.7. The summed E-state index contributed by atoms with van der Waals surface area (Å²) in [7, 11) is 1.88. The van der Waals surface area contributed by atoms with Gasteiger partial charge in [0.2, 0.25) is 17.7 Å². The average Bonchev–Trinajstić information content (AvgIpc) is 3.21. The fraction of sp³-hybridized carbons (Fsp3) is 0.400. The molecule has 1 aliphatic carbocycles. The van der Waals surface area contributed by atoms with Crippen LogP contribution in [0.15, 0.2) is 40.6 Å². The molecule has 3 amide bonds. The first-order valence-electron chi connectivity index (χ1n) is 9.54. The molecule has 7 nitrogen and oxygen atoms in total. The van der Waals surface area contributed by atoms with Gasteiger partial charge in [0.1, 0.15) is 6.54 Å². The van der Waals surface area contributed by atoms with Crippen LogP contribution in [-0.2, 0) is 21.4 Å². The van der Waals surface area contributed by atoms with E-state index in [-0.39, 0.29) is 30.2 Å². The number of carbonyl (C=O) groups is 3. The molecule has 1 saturated carbocycles. The quantitative estimate of drug-likeness (QED) is 0.732. The van der Waals surface area contributed by atoms with Gasteiger partial charge < -0.3 is 9.88 Å². The standard InChI is InChI=1S/C20H21ClN4O3S/c1-24-9-8-22-20(24)29-16-7-6-12(21)10-15(16)23-17(26)11-25-18(27)13-4-2-3-5-14(13)19(25)28/h6-10,13-14H,2-5,11H2,1H3,(H,23,26). The number of likely N-dealkylation sites (tertiary alicyclic amines) is 1. The fourth-order valence-electron chi connectivity index (χ4n) is 3.96. The molecular formula is C20H21ClN4O3S. The molecule has 2 unspecified atom stereocenters. The number of benzene rings is 1. The van der Waals surface area contributed by atoms with Crippen molar-refractivity contribution in [1.29, 1.82) is 0 Å². The van der Waals surface area contributed by atoms with Crippen LogP contribution in [0.4, 0.5) is 5.69 Å². The third kappa shape index (κ3) is 4.04. The number of hydrogen-bond donors (Lipinski definition) is 1. The Labute approximate surface area is 177 Å². The van der Waals surface area contributed by atoms with Crippen molar-refractivity contribution < 1.29 is 14.4 Å². The van der Waals surface area contributed by atoms with Crippen LogP contribution >= 0.6 is 23.4 Å². The van der Waals surface area contributed by atoms with Gasteiger partial charge in [-0.3, -0.25) is 19.3 Å². The highest BCUT2D eigenvalue weighted by Crippen LogP contribution is 2.38. The molecule has 2 fully saturated rings. The molecule has 1 aliphatic heterocycles. The Hall–Kier alpha value is -2.32. The lowest BCUT2D eigenvalue weighted by Gasteiger charge is -2.19. The average molecular weight is 433 g/mol. The number of imide groups is 1. The molecule has 0 radical (unpaired) electrons. The largest absolute Gasteiger partial charge is 0.329 e. The summed E-state index contributed by atoms with van der Waals surface area (Å²) in [6.45, 7) is -0.274. The second-order valence-electron chi connectivity index (χ2n) is 7.37. The van der Waals surface area contributed by atoms with E-state index < -0.39 is 5.91 Å². The molecule has 1 aromatic heterocycles. The highest BCUT2D eigenvalue weighted by Gasteiger charge is 2.48. The van der Waals surface area contributed by atoms with Crippen LogP contribution < -0.4 is 5.32 Å². The molecule has 1 saturated heterocycles. The lowest BCUT2D eigenvalue weighted by atomic mass is 9.81. The molecule has 2 aromatic rings. The van der Waals surface area contributed by atoms with E-state index in [0.717, 1.165) is 40.6 Å². The number of halogens is 1. The SMILES string of the molecule is Cn1ccnc1Sc1ccc(Cl)cc1NC(=O)CN1C(=O)C2CCCCC2C1=O. The molecule has 2 atom stereocenters. The number of nitrogens with zero attached hydrogens (tertiary/aromatic N) is 3. The van der Waals surface area contributed by atoms with Gasteiger partial charge >= 0.3 is 0 Å². The Morgan fingerprint density at radius 2 is 1.93 bits per heavy atom. The summed E-state index contributed by atoms with van der Waals surface area (Å²) in [6.07, 6.45) is 6.90. The van der Waals surface area contributed by atoms with Gasteiger partial charge in [0.25, 0.3) is 0 Å². The number of amides is 3. The van der Waals surface area contributed by atoms with E-state index in [0.29, 0.717) is 10.7 Å². The first kappa shape index (κ1) is 20.0. The lowest BCUT2D eigenvalue weighted by Crippen LogP contribution is -2.38. The van der Waals surface area contributed by atoms with E-state index in [1.54, 1.807) is 24.4 Å². The van der Waals surface area contributed by atoms with Crippen molar-refractivity contribution in [3.05, 3.63) is 35.6 Å². The number of fused-ring (bicyclic) bond motifs is 1. The third-order valence-electron chi connectivity index (χ3n) is 5.43. The van der Waals surface area contributed by atoms with E-state index in [1.165, 1.54) is 11.8 Å². The summed E-state index contributed by atoms with van der Waals surface area (Å²) in [4.78, 5) is 44.0. The molecule has 0 bridgehead atoms. The Bertz CT molecular complexity index is 952. The minimum absolute atomic E-state index is 0.219. The second-order valence-corrected chi connectivity index (χ2v) is 8.82. The molecule has 2 heterocycles. The number of rotatable bonds is 5. The Kier molecular flexibility index (Phi) is 5.65. The molecule has 152 valence electrons. The molecule has 1 aromatic carbocycles. The predicted molar refractivity (Wildman–Crippen MR) is 110 cm³/mol. The first-order chi connectivity index (χ1) is 13.9. The van der Waals surface area contributed by atoms with Gasteiger partial charge in [-0.05, 0) is 42.8 Å². The highest BCUT2D eigenvalue weighted by molar-refractivity contribution is 7.99. The van der Waals surface area contributed by atoms with Crippen LogP contribution in [0.5, 0.6) is 0 Å². The highest BCUT2D eigenvalue weighted by atomic mass is 35.5. The zero-order valence-corrected chi connectivity index (χ0v) is 17.5. The lowest BCUT2D eigenvalue weighted by molar-refractivity contribution is -0.142. The third-order valence-corrected chi connectivity index (χ3v) is 6.82. The molecule has 9 heteroatoms. The number of anilines is 1. The van der Waals surface area contributed by atoms with Crippen LogP contribution in [0.1, 0.15) is 25.7 Å². The van der Waals surface area contributed by atoms with Gasteiger partial charge in [-0.1, -0.05) is 24.4 Å². The number of nitrogens with one attached hydrogen (secondary N) is 1. The minimum atomic E-state index is -0.422. The Morgan fingerprint density at radius 1 is 1.24 bits per heavy atom. The molecule has 1 N–H and O–H groups in total. The maximum atomic E-state index is 12.7. The van der Waals surface area contributed by atoms with E-state index in [9.17, 15) is 14.4 Å². The number of aromatic nitrogens is 2. The monoisotopic (exact) mass is 432 g/mol. The summed E-state index contributed by atoms with van der Waals surface area (Å²) in [5.41, 5.74) is 0.520. The van der Waals surface area contributed by atoms with Gasteiger partial charge in [0.05, 0.1) is 17.5 Å². The Balaban J connectivity index is 1.48. The molecule has 0 spiro atoms. The fourth-order valence-corrected chi connectivity index (χ4v) is 5.00. The van der Waals surface area contributed by atoms with Crippen LogP contribution in [0.25, 0.3) is 0 Å². The van der Waals surface area contributed by atoms with Gasteiger partial charge in [-0.2, -0.15) is 0 Å². The zero-order valence-electron chi connectivity index (χ0n) is 15.9. The van der Waals surface area contributed by atoms with Gasteiger partial charge in [0, 0.05) is 29.4 Å². The van der Waals surface area contributed by atoms with E-state index in [1.807, 2.05) is 17.8 Å². The van der Waals surface area contributed by atoms with Crippen molar-refractivity contribution in [2.75, 3.05) is 11.9 Å². The van der Waals surface area contributed by atoms with Crippen LogP contribution in [0.3, 0.4) is 0 Å². The van der Waals surface area contributed by atoms with Gasteiger partial charge in [-0.25, -0.2) is 4.98 Å². The summed E-state index contributed by atoms with van der Waals surface area (Å²) < 4.78 is 1.87. The maximum absolute atomic E-state index is 12.7. The Morgan fingerprint density at radius 3 is 2.55 bits per heavy atom. The van der Waals surface area contributed by atoms with Crippen molar-refractivity contribution in [1.82, 2.24) is 14.5 Å². The van der Waals surface area contributed by atoms with Crippen molar-refractivity contribution in [2.45, 2.75) is 35.7 Å². The number of aryl methyl sites for hydroxylation is 1. The number of imidazole rings is 1. The zero-order chi connectivity index (χ0) is 20.5.